The maximum Gasteiger partial charge on any atom is 0.569 e. The topological polar surface area (TPSA) is 94.0 Å². The van der Waals surface area contributed by atoms with Crippen molar-refractivity contribution in [3.05, 3.63) is 58.4 Å². The Morgan fingerprint density at radius 3 is 2.76 bits per heavy atom. The Labute approximate surface area is 142 Å². The minimum absolute atomic E-state index is 0.272. The molecule has 0 unspecified atom stereocenters. The van der Waals surface area contributed by atoms with Crippen LogP contribution in [0.1, 0.15) is 11.4 Å². The molecule has 4 aromatic rings. The lowest BCUT2D eigenvalue weighted by atomic mass is 10.2. The number of nitrogens with zero attached hydrogens (tertiary/aromatic N) is 5. The van der Waals surface area contributed by atoms with Gasteiger partial charge in [0.15, 0.2) is 0 Å². The van der Waals surface area contributed by atoms with E-state index in [0.717, 1.165) is 16.9 Å². The lowest BCUT2D eigenvalue weighted by Gasteiger charge is -2.05. The fraction of sp³-hybridized carbons (Fsp3) is 0.125. The summed E-state index contributed by atoms with van der Waals surface area (Å²) in [4.78, 5) is 21.3. The fourth-order valence-electron chi connectivity index (χ4n) is 2.76. The monoisotopic (exact) mass is 334 g/mol. The Hall–Kier alpha value is -3.20. The summed E-state index contributed by atoms with van der Waals surface area (Å²) in [5.41, 5.74) is 3.84. The summed E-state index contributed by atoms with van der Waals surface area (Å²) in [6.07, 6.45) is 3.29. The van der Waals surface area contributed by atoms with Crippen LogP contribution in [-0.4, -0.2) is 36.7 Å². The standard InChI is InChI=1S/C16H13BN5O3/c1-9-7-22-14(10(2)18-9)5-13(20-22)12-6-16(23)21-8-11(25-17-24)3-4-15(21)19-12/h3-8,24H,1-2H3. The van der Waals surface area contributed by atoms with Crippen molar-refractivity contribution in [2.24, 2.45) is 0 Å². The van der Waals surface area contributed by atoms with Crippen LogP contribution < -0.4 is 10.2 Å². The lowest BCUT2D eigenvalue weighted by molar-refractivity contribution is 0.452. The first-order valence-corrected chi connectivity index (χ1v) is 7.55. The third kappa shape index (κ3) is 2.64. The molecule has 0 saturated heterocycles. The van der Waals surface area contributed by atoms with Crippen LogP contribution in [0.25, 0.3) is 22.6 Å². The van der Waals surface area contributed by atoms with Crippen molar-refractivity contribution in [3.63, 3.8) is 0 Å². The van der Waals surface area contributed by atoms with Crippen molar-refractivity contribution in [2.45, 2.75) is 13.8 Å². The third-order valence-corrected chi connectivity index (χ3v) is 3.84. The van der Waals surface area contributed by atoms with Gasteiger partial charge >= 0.3 is 7.69 Å². The summed E-state index contributed by atoms with van der Waals surface area (Å²) in [6, 6.07) is 6.52. The van der Waals surface area contributed by atoms with E-state index in [9.17, 15) is 4.79 Å². The molecule has 123 valence electrons. The van der Waals surface area contributed by atoms with E-state index in [2.05, 4.69) is 15.1 Å². The quantitative estimate of drug-likeness (QED) is 0.560. The second-order valence-electron chi connectivity index (χ2n) is 5.62. The molecule has 0 amide bonds. The molecular weight excluding hydrogens is 321 g/mol. The zero-order valence-corrected chi connectivity index (χ0v) is 13.5. The molecule has 4 heterocycles. The summed E-state index contributed by atoms with van der Waals surface area (Å²) in [5, 5.41) is 13.2. The molecule has 1 radical (unpaired) electrons. The van der Waals surface area contributed by atoms with Crippen LogP contribution in [0, 0.1) is 13.8 Å². The van der Waals surface area contributed by atoms with Gasteiger partial charge in [-0.15, -0.1) is 0 Å². The molecule has 0 saturated carbocycles. The van der Waals surface area contributed by atoms with Gasteiger partial charge in [0, 0.05) is 6.07 Å². The van der Waals surface area contributed by atoms with Crippen molar-refractivity contribution in [2.75, 3.05) is 0 Å². The first-order valence-electron chi connectivity index (χ1n) is 7.55. The number of aryl methyl sites for hydroxylation is 2. The van der Waals surface area contributed by atoms with Crippen molar-refractivity contribution < 1.29 is 9.68 Å². The predicted octanol–water partition coefficient (Wildman–Crippen LogP) is 0.926. The Kier molecular flexibility index (Phi) is 3.50. The van der Waals surface area contributed by atoms with E-state index in [1.807, 2.05) is 26.1 Å². The van der Waals surface area contributed by atoms with Crippen LogP contribution >= 0.6 is 0 Å². The summed E-state index contributed by atoms with van der Waals surface area (Å²) in [6.45, 7) is 3.81. The predicted molar refractivity (Wildman–Crippen MR) is 91.5 cm³/mol. The number of fused-ring (bicyclic) bond motifs is 2. The molecular formula is C16H13BN5O3. The van der Waals surface area contributed by atoms with E-state index in [1.54, 1.807) is 16.6 Å². The van der Waals surface area contributed by atoms with Crippen molar-refractivity contribution >= 4 is 18.8 Å². The molecule has 0 bridgehead atoms. The van der Waals surface area contributed by atoms with E-state index in [4.69, 9.17) is 9.68 Å². The average molecular weight is 334 g/mol. The van der Waals surface area contributed by atoms with Gasteiger partial charge in [-0.25, -0.2) is 9.50 Å². The molecule has 1 N–H and O–H groups in total. The van der Waals surface area contributed by atoms with Gasteiger partial charge in [-0.2, -0.15) is 5.10 Å². The molecule has 9 heteroatoms. The molecule has 0 aliphatic heterocycles. The highest BCUT2D eigenvalue weighted by Crippen LogP contribution is 2.20. The van der Waals surface area contributed by atoms with Crippen molar-refractivity contribution in [3.8, 4) is 17.1 Å². The summed E-state index contributed by atoms with van der Waals surface area (Å²) < 4.78 is 7.95. The van der Waals surface area contributed by atoms with Gasteiger partial charge in [-0.1, -0.05) is 0 Å². The third-order valence-electron chi connectivity index (χ3n) is 3.84. The maximum absolute atomic E-state index is 12.4. The lowest BCUT2D eigenvalue weighted by Crippen LogP contribution is -2.15. The molecule has 0 fully saturated rings. The first-order chi connectivity index (χ1) is 12.0. The highest BCUT2D eigenvalue weighted by Gasteiger charge is 2.11. The zero-order chi connectivity index (χ0) is 17.6. The molecule has 8 nitrogen and oxygen atoms in total. The second kappa shape index (κ2) is 5.71. The van der Waals surface area contributed by atoms with E-state index in [1.165, 1.54) is 16.7 Å². The van der Waals surface area contributed by atoms with E-state index in [0.29, 0.717) is 30.5 Å². The van der Waals surface area contributed by atoms with Crippen LogP contribution in [0.15, 0.2) is 41.5 Å². The Bertz CT molecular complexity index is 1170. The van der Waals surface area contributed by atoms with Gasteiger partial charge in [-0.3, -0.25) is 14.2 Å². The molecule has 25 heavy (non-hydrogen) atoms. The first kappa shape index (κ1) is 15.3. The van der Waals surface area contributed by atoms with E-state index < -0.39 is 0 Å². The van der Waals surface area contributed by atoms with Gasteiger partial charge < -0.3 is 9.68 Å². The number of rotatable bonds is 3. The number of aromatic nitrogens is 5. The van der Waals surface area contributed by atoms with Gasteiger partial charge in [0.05, 0.1) is 35.0 Å². The smallest absolute Gasteiger partial charge is 0.536 e. The Balaban J connectivity index is 1.88. The summed E-state index contributed by atoms with van der Waals surface area (Å²) >= 11 is 0. The minimum atomic E-state index is -0.272. The zero-order valence-electron chi connectivity index (χ0n) is 13.5. The SMILES string of the molecule is Cc1cn2nc(-c3cc(=O)n4cc(O[B]O)ccc4n3)cc2c(C)n1. The highest BCUT2D eigenvalue weighted by molar-refractivity contribution is 6.17. The normalized spacial score (nSPS) is 11.2. The second-order valence-corrected chi connectivity index (χ2v) is 5.62. The molecule has 4 aromatic heterocycles. The van der Waals surface area contributed by atoms with Crippen LogP contribution in [0.4, 0.5) is 0 Å². The fourth-order valence-corrected chi connectivity index (χ4v) is 2.76. The Morgan fingerprint density at radius 1 is 1.12 bits per heavy atom. The van der Waals surface area contributed by atoms with Crippen molar-refractivity contribution in [1.29, 1.82) is 0 Å². The molecule has 4 rings (SSSR count). The van der Waals surface area contributed by atoms with Gasteiger partial charge in [0.2, 0.25) is 0 Å². The van der Waals surface area contributed by atoms with Crippen LogP contribution in [0.3, 0.4) is 0 Å². The minimum Gasteiger partial charge on any atom is -0.536 e. The van der Waals surface area contributed by atoms with Gasteiger partial charge in [0.1, 0.15) is 17.1 Å². The molecule has 0 aliphatic rings. The largest absolute Gasteiger partial charge is 0.569 e. The average Bonchev–Trinajstić information content (AvgIpc) is 3.00. The highest BCUT2D eigenvalue weighted by atomic mass is 16.5. The molecule has 0 aromatic carbocycles. The number of pyridine rings is 1. The van der Waals surface area contributed by atoms with E-state index >= 15 is 0 Å². The van der Waals surface area contributed by atoms with Gasteiger partial charge in [0.25, 0.3) is 5.56 Å². The van der Waals surface area contributed by atoms with Gasteiger partial charge in [-0.05, 0) is 32.0 Å². The number of hydrogen-bond donors (Lipinski definition) is 1. The maximum atomic E-state index is 12.4. The molecule has 0 atom stereocenters. The molecule has 0 spiro atoms. The Morgan fingerprint density at radius 2 is 1.96 bits per heavy atom. The van der Waals surface area contributed by atoms with Crippen LogP contribution in [0.5, 0.6) is 5.75 Å². The summed E-state index contributed by atoms with van der Waals surface area (Å²) in [7, 11) is 0.559. The van der Waals surface area contributed by atoms with Crippen LogP contribution in [-0.2, 0) is 0 Å². The summed E-state index contributed by atoms with van der Waals surface area (Å²) in [5.74, 6) is 0.330. The van der Waals surface area contributed by atoms with E-state index in [-0.39, 0.29) is 5.56 Å². The van der Waals surface area contributed by atoms with Crippen molar-refractivity contribution in [1.82, 2.24) is 24.0 Å². The molecule has 0 aliphatic carbocycles. The van der Waals surface area contributed by atoms with Crippen LogP contribution in [0.2, 0.25) is 0 Å². The number of hydrogen-bond acceptors (Lipinski definition) is 6.